The Balaban J connectivity index is 1.85. The normalized spacial score (nSPS) is 22.3. The van der Waals surface area contributed by atoms with E-state index in [-0.39, 0.29) is 11.8 Å². The lowest BCUT2D eigenvalue weighted by atomic mass is 9.81. The molecule has 1 aromatic heterocycles. The van der Waals surface area contributed by atoms with Gasteiger partial charge in [-0.15, -0.1) is 5.10 Å². The summed E-state index contributed by atoms with van der Waals surface area (Å²) in [6.07, 6.45) is 3.44. The van der Waals surface area contributed by atoms with Crippen LogP contribution in [-0.4, -0.2) is 26.8 Å². The summed E-state index contributed by atoms with van der Waals surface area (Å²) in [6, 6.07) is 8.38. The minimum absolute atomic E-state index is 0.198. The number of hydrogen-bond acceptors (Lipinski definition) is 5. The van der Waals surface area contributed by atoms with Crippen LogP contribution < -0.4 is 5.32 Å². The number of rotatable bonds is 3. The van der Waals surface area contributed by atoms with Crippen molar-refractivity contribution in [3.8, 4) is 0 Å². The first kappa shape index (κ1) is 17.3. The van der Waals surface area contributed by atoms with Crippen molar-refractivity contribution in [3.63, 3.8) is 0 Å². The van der Waals surface area contributed by atoms with Gasteiger partial charge in [0.1, 0.15) is 6.04 Å². The number of thioether (sulfide) groups is 1. The Morgan fingerprint density at radius 3 is 2.62 bits per heavy atom. The first-order chi connectivity index (χ1) is 12.5. The van der Waals surface area contributed by atoms with Crippen molar-refractivity contribution in [2.24, 2.45) is 5.92 Å². The molecule has 0 amide bonds. The Labute approximate surface area is 158 Å². The van der Waals surface area contributed by atoms with Crippen molar-refractivity contribution in [2.75, 3.05) is 11.6 Å². The quantitative estimate of drug-likeness (QED) is 0.814. The van der Waals surface area contributed by atoms with E-state index in [9.17, 15) is 4.79 Å². The Morgan fingerprint density at radius 2 is 1.96 bits per heavy atom. The van der Waals surface area contributed by atoms with E-state index in [2.05, 4.69) is 60.4 Å². The summed E-state index contributed by atoms with van der Waals surface area (Å²) < 4.78 is 1.88. The number of carbonyl (C=O) groups excluding carboxylic acids is 1. The van der Waals surface area contributed by atoms with Gasteiger partial charge >= 0.3 is 0 Å². The molecule has 5 nitrogen and oxygen atoms in total. The van der Waals surface area contributed by atoms with E-state index in [1.54, 1.807) is 0 Å². The van der Waals surface area contributed by atoms with Crippen molar-refractivity contribution in [1.82, 2.24) is 14.8 Å². The van der Waals surface area contributed by atoms with Gasteiger partial charge in [0.15, 0.2) is 5.78 Å². The van der Waals surface area contributed by atoms with Crippen LogP contribution in [-0.2, 0) is 4.79 Å². The number of allylic oxidation sites excluding steroid dienone is 2. The van der Waals surface area contributed by atoms with E-state index in [1.807, 2.05) is 10.9 Å². The fourth-order valence-corrected chi connectivity index (χ4v) is 4.19. The first-order valence-corrected chi connectivity index (χ1v) is 10.3. The Morgan fingerprint density at radius 1 is 1.23 bits per heavy atom. The van der Waals surface area contributed by atoms with E-state index in [0.717, 1.165) is 34.4 Å². The molecular formula is C20H24N4OS. The molecule has 0 bridgehead atoms. The predicted octanol–water partition coefficient (Wildman–Crippen LogP) is 4.39. The highest BCUT2D eigenvalue weighted by Crippen LogP contribution is 2.41. The highest BCUT2D eigenvalue weighted by atomic mass is 32.2. The summed E-state index contributed by atoms with van der Waals surface area (Å²) in [4.78, 5) is 17.5. The summed E-state index contributed by atoms with van der Waals surface area (Å²) in [7, 11) is 0. The predicted molar refractivity (Wildman–Crippen MR) is 105 cm³/mol. The summed E-state index contributed by atoms with van der Waals surface area (Å²) in [5, 5.41) is 8.75. The first-order valence-electron chi connectivity index (χ1n) is 9.11. The number of Topliss-reactive ketones (excluding diaryl/α,β-unsaturated/α-hetero) is 1. The maximum absolute atomic E-state index is 12.9. The Kier molecular flexibility index (Phi) is 4.39. The van der Waals surface area contributed by atoms with Crippen molar-refractivity contribution in [2.45, 2.75) is 50.7 Å². The van der Waals surface area contributed by atoms with Crippen molar-refractivity contribution >= 4 is 23.5 Å². The summed E-state index contributed by atoms with van der Waals surface area (Å²) >= 11 is 1.51. The molecule has 0 fully saturated rings. The zero-order valence-corrected chi connectivity index (χ0v) is 16.4. The van der Waals surface area contributed by atoms with Crippen LogP contribution in [0.15, 0.2) is 40.7 Å². The summed E-state index contributed by atoms with van der Waals surface area (Å²) in [5.74, 6) is 1.78. The molecule has 1 aliphatic heterocycles. The average molecular weight is 369 g/mol. The molecular weight excluding hydrogens is 344 g/mol. The second-order valence-corrected chi connectivity index (χ2v) is 8.32. The van der Waals surface area contributed by atoms with Crippen LogP contribution in [0.5, 0.6) is 0 Å². The largest absolute Gasteiger partial charge is 0.328 e. The van der Waals surface area contributed by atoms with Gasteiger partial charge in [0.05, 0.1) is 0 Å². The molecule has 0 radical (unpaired) electrons. The molecule has 136 valence electrons. The zero-order valence-electron chi connectivity index (χ0n) is 15.6. The molecule has 2 unspecified atom stereocenters. The number of aromatic nitrogens is 3. The fraction of sp³-hybridized carbons (Fsp3) is 0.450. The van der Waals surface area contributed by atoms with Crippen LogP contribution >= 0.6 is 11.8 Å². The summed E-state index contributed by atoms with van der Waals surface area (Å²) in [5.41, 5.74) is 4.25. The number of anilines is 1. The SMILES string of the molecule is CSc1nc2n(n1)C(c1ccc(C(C)C)cc1)C1=C(CC(C)CC1=O)N2. The van der Waals surface area contributed by atoms with Gasteiger partial charge in [0, 0.05) is 17.7 Å². The number of carbonyl (C=O) groups is 1. The molecule has 2 heterocycles. The number of ketones is 1. The number of hydrogen-bond donors (Lipinski definition) is 1. The fourth-order valence-electron chi connectivity index (χ4n) is 3.84. The van der Waals surface area contributed by atoms with E-state index < -0.39 is 0 Å². The number of fused-ring (bicyclic) bond motifs is 1. The molecule has 1 aliphatic carbocycles. The maximum Gasteiger partial charge on any atom is 0.227 e. The topological polar surface area (TPSA) is 59.8 Å². The molecule has 0 spiro atoms. The van der Waals surface area contributed by atoms with Gasteiger partial charge in [-0.2, -0.15) is 4.98 Å². The molecule has 1 N–H and O–H groups in total. The van der Waals surface area contributed by atoms with Crippen LogP contribution in [0.3, 0.4) is 0 Å². The lowest BCUT2D eigenvalue weighted by Gasteiger charge is -2.34. The van der Waals surface area contributed by atoms with Crippen LogP contribution in [0.1, 0.15) is 56.7 Å². The van der Waals surface area contributed by atoms with Crippen LogP contribution in [0, 0.1) is 5.92 Å². The molecule has 2 aliphatic rings. The third-order valence-corrected chi connectivity index (χ3v) is 5.74. The minimum atomic E-state index is -0.198. The van der Waals surface area contributed by atoms with E-state index in [4.69, 9.17) is 0 Å². The third kappa shape index (κ3) is 2.86. The molecule has 2 atom stereocenters. The molecule has 0 saturated heterocycles. The van der Waals surface area contributed by atoms with Gasteiger partial charge in [-0.3, -0.25) is 4.79 Å². The van der Waals surface area contributed by atoms with Gasteiger partial charge in [-0.25, -0.2) is 4.68 Å². The van der Waals surface area contributed by atoms with Gasteiger partial charge in [-0.05, 0) is 35.6 Å². The molecule has 26 heavy (non-hydrogen) atoms. The molecule has 1 aromatic carbocycles. The minimum Gasteiger partial charge on any atom is -0.328 e. The second kappa shape index (κ2) is 6.58. The van der Waals surface area contributed by atoms with Crippen molar-refractivity contribution in [1.29, 1.82) is 0 Å². The monoisotopic (exact) mass is 368 g/mol. The highest BCUT2D eigenvalue weighted by Gasteiger charge is 2.38. The number of nitrogens with zero attached hydrogens (tertiary/aromatic N) is 3. The molecule has 2 aromatic rings. The van der Waals surface area contributed by atoms with Gasteiger partial charge < -0.3 is 5.32 Å². The van der Waals surface area contributed by atoms with Crippen molar-refractivity contribution < 1.29 is 4.79 Å². The highest BCUT2D eigenvalue weighted by molar-refractivity contribution is 7.98. The Bertz CT molecular complexity index is 882. The lowest BCUT2D eigenvalue weighted by Crippen LogP contribution is -2.33. The van der Waals surface area contributed by atoms with E-state index in [1.165, 1.54) is 17.3 Å². The van der Waals surface area contributed by atoms with E-state index >= 15 is 0 Å². The lowest BCUT2D eigenvalue weighted by molar-refractivity contribution is -0.117. The van der Waals surface area contributed by atoms with Crippen LogP contribution in [0.2, 0.25) is 0 Å². The second-order valence-electron chi connectivity index (χ2n) is 7.54. The maximum atomic E-state index is 12.9. The molecule has 0 saturated carbocycles. The number of nitrogens with one attached hydrogen (secondary N) is 1. The number of benzene rings is 1. The van der Waals surface area contributed by atoms with Gasteiger partial charge in [-0.1, -0.05) is 56.8 Å². The van der Waals surface area contributed by atoms with E-state index in [0.29, 0.717) is 18.3 Å². The third-order valence-electron chi connectivity index (χ3n) is 5.21. The van der Waals surface area contributed by atoms with Gasteiger partial charge in [0.25, 0.3) is 0 Å². The zero-order chi connectivity index (χ0) is 18.4. The van der Waals surface area contributed by atoms with Crippen LogP contribution in [0.25, 0.3) is 0 Å². The van der Waals surface area contributed by atoms with Crippen LogP contribution in [0.4, 0.5) is 5.95 Å². The average Bonchev–Trinajstić information content (AvgIpc) is 3.02. The molecule has 6 heteroatoms. The Hall–Kier alpha value is -2.08. The van der Waals surface area contributed by atoms with Crippen molar-refractivity contribution in [3.05, 3.63) is 46.7 Å². The smallest absolute Gasteiger partial charge is 0.227 e. The standard InChI is InChI=1S/C20H24N4OS/c1-11(2)13-5-7-14(8-6-13)18-17-15(9-12(3)10-16(17)25)21-19-22-20(26-4)23-24(18)19/h5-8,11-12,18H,9-10H2,1-4H3,(H,21,22,23). The molecule has 4 rings (SSSR count). The summed E-state index contributed by atoms with van der Waals surface area (Å²) in [6.45, 7) is 6.50. The van der Waals surface area contributed by atoms with Gasteiger partial charge in [0.2, 0.25) is 11.1 Å².